The molecule has 0 aliphatic carbocycles. The smallest absolute Gasteiger partial charge is 0.243 e. The minimum absolute atomic E-state index is 0.0478. The van der Waals surface area contributed by atoms with Gasteiger partial charge in [-0.3, -0.25) is 9.59 Å². The summed E-state index contributed by atoms with van der Waals surface area (Å²) in [6.07, 6.45) is 1.41. The highest BCUT2D eigenvalue weighted by Gasteiger charge is 2.27. The average molecular weight is 269 g/mol. The first-order valence-electron chi connectivity index (χ1n) is 7.20. The van der Waals surface area contributed by atoms with Crippen LogP contribution in [0.5, 0.6) is 0 Å². The van der Waals surface area contributed by atoms with E-state index in [-0.39, 0.29) is 23.8 Å². The highest BCUT2D eigenvalue weighted by atomic mass is 16.2. The van der Waals surface area contributed by atoms with Crippen LogP contribution in [-0.4, -0.2) is 37.0 Å². The third kappa shape index (κ3) is 5.59. The zero-order valence-electron chi connectivity index (χ0n) is 12.5. The molecule has 0 bridgehead atoms. The Morgan fingerprint density at radius 3 is 2.42 bits per heavy atom. The van der Waals surface area contributed by atoms with Crippen LogP contribution in [0.25, 0.3) is 0 Å². The minimum Gasteiger partial charge on any atom is -0.350 e. The van der Waals surface area contributed by atoms with Crippen molar-refractivity contribution in [2.45, 2.75) is 52.6 Å². The van der Waals surface area contributed by atoms with E-state index in [1.165, 1.54) is 0 Å². The molecule has 1 saturated heterocycles. The highest BCUT2D eigenvalue weighted by molar-refractivity contribution is 5.88. The molecule has 1 fully saturated rings. The molecule has 5 nitrogen and oxygen atoms in total. The summed E-state index contributed by atoms with van der Waals surface area (Å²) >= 11 is 0. The number of nitrogens with one attached hydrogen (secondary N) is 3. The third-order valence-electron chi connectivity index (χ3n) is 3.27. The largest absolute Gasteiger partial charge is 0.350 e. The second-order valence-electron chi connectivity index (χ2n) is 6.09. The Hall–Kier alpha value is -1.10. The molecule has 0 saturated carbocycles. The maximum Gasteiger partial charge on any atom is 0.243 e. The van der Waals surface area contributed by atoms with E-state index in [9.17, 15) is 9.59 Å². The molecule has 1 aliphatic rings. The molecule has 110 valence electrons. The van der Waals surface area contributed by atoms with E-state index >= 15 is 0 Å². The number of carbonyl (C=O) groups excluding carboxylic acids is 2. The van der Waals surface area contributed by atoms with Gasteiger partial charge in [-0.1, -0.05) is 27.7 Å². The van der Waals surface area contributed by atoms with E-state index in [2.05, 4.69) is 16.0 Å². The molecule has 0 radical (unpaired) electrons. The Balaban J connectivity index is 2.50. The first-order chi connectivity index (χ1) is 8.90. The zero-order valence-corrected chi connectivity index (χ0v) is 12.5. The van der Waals surface area contributed by atoms with Gasteiger partial charge in [-0.15, -0.1) is 0 Å². The molecule has 0 aromatic carbocycles. The molecule has 1 heterocycles. The number of carbonyl (C=O) groups is 2. The third-order valence-corrected chi connectivity index (χ3v) is 3.27. The summed E-state index contributed by atoms with van der Waals surface area (Å²) in [5.41, 5.74) is 0. The summed E-state index contributed by atoms with van der Waals surface area (Å²) < 4.78 is 0. The predicted octanol–water partition coefficient (Wildman–Crippen LogP) is 0.651. The quantitative estimate of drug-likeness (QED) is 0.663. The summed E-state index contributed by atoms with van der Waals surface area (Å²) in [6.45, 7) is 9.65. The normalized spacial score (nSPS) is 20.6. The van der Waals surface area contributed by atoms with E-state index in [1.807, 2.05) is 27.7 Å². The van der Waals surface area contributed by atoms with Gasteiger partial charge in [0.25, 0.3) is 0 Å². The standard InChI is InChI=1S/C14H27N3O2/c1-9(2)7-12(18)17-13(10(3)4)14(19)16-11-5-6-15-8-11/h9-11,13,15H,5-8H2,1-4H3,(H,16,19)(H,17,18). The predicted molar refractivity (Wildman–Crippen MR) is 75.6 cm³/mol. The van der Waals surface area contributed by atoms with Crippen molar-refractivity contribution in [3.05, 3.63) is 0 Å². The monoisotopic (exact) mass is 269 g/mol. The number of hydrogen-bond donors (Lipinski definition) is 3. The summed E-state index contributed by atoms with van der Waals surface area (Å²) in [7, 11) is 0. The number of hydrogen-bond acceptors (Lipinski definition) is 3. The average Bonchev–Trinajstić information content (AvgIpc) is 2.77. The second kappa shape index (κ2) is 7.48. The van der Waals surface area contributed by atoms with Crippen LogP contribution in [-0.2, 0) is 9.59 Å². The van der Waals surface area contributed by atoms with Gasteiger partial charge >= 0.3 is 0 Å². The minimum atomic E-state index is -0.438. The van der Waals surface area contributed by atoms with E-state index in [0.29, 0.717) is 12.3 Å². The first-order valence-corrected chi connectivity index (χ1v) is 7.20. The van der Waals surface area contributed by atoms with Crippen molar-refractivity contribution in [2.75, 3.05) is 13.1 Å². The molecule has 0 spiro atoms. The van der Waals surface area contributed by atoms with Crippen molar-refractivity contribution in [1.82, 2.24) is 16.0 Å². The van der Waals surface area contributed by atoms with E-state index in [4.69, 9.17) is 0 Å². The molecule has 2 unspecified atom stereocenters. The molecule has 19 heavy (non-hydrogen) atoms. The fraction of sp³-hybridized carbons (Fsp3) is 0.857. The van der Waals surface area contributed by atoms with Crippen LogP contribution in [0.15, 0.2) is 0 Å². The maximum absolute atomic E-state index is 12.2. The lowest BCUT2D eigenvalue weighted by atomic mass is 10.0. The number of rotatable bonds is 6. The molecule has 1 aliphatic heterocycles. The summed E-state index contributed by atoms with van der Waals surface area (Å²) in [5.74, 6) is 0.273. The molecule has 5 heteroatoms. The summed E-state index contributed by atoms with van der Waals surface area (Å²) in [6, 6.07) is -0.248. The molecular weight excluding hydrogens is 242 g/mol. The second-order valence-corrected chi connectivity index (χ2v) is 6.09. The van der Waals surface area contributed by atoms with E-state index < -0.39 is 6.04 Å². The first kappa shape index (κ1) is 16.0. The molecular formula is C14H27N3O2. The molecule has 0 aromatic rings. The number of amides is 2. The van der Waals surface area contributed by atoms with Gasteiger partial charge in [0.15, 0.2) is 0 Å². The van der Waals surface area contributed by atoms with Crippen molar-refractivity contribution in [2.24, 2.45) is 11.8 Å². The van der Waals surface area contributed by atoms with Crippen molar-refractivity contribution in [3.8, 4) is 0 Å². The van der Waals surface area contributed by atoms with Gasteiger partial charge in [0.05, 0.1) is 0 Å². The SMILES string of the molecule is CC(C)CC(=O)NC(C(=O)NC1CCNC1)C(C)C. The van der Waals surface area contributed by atoms with Crippen molar-refractivity contribution < 1.29 is 9.59 Å². The van der Waals surface area contributed by atoms with Gasteiger partial charge in [-0.05, 0) is 24.8 Å². The van der Waals surface area contributed by atoms with Gasteiger partial charge < -0.3 is 16.0 Å². The van der Waals surface area contributed by atoms with E-state index in [1.54, 1.807) is 0 Å². The van der Waals surface area contributed by atoms with E-state index in [0.717, 1.165) is 19.5 Å². The van der Waals surface area contributed by atoms with Crippen LogP contribution < -0.4 is 16.0 Å². The van der Waals surface area contributed by atoms with Crippen LogP contribution in [0.1, 0.15) is 40.5 Å². The highest BCUT2D eigenvalue weighted by Crippen LogP contribution is 2.06. The maximum atomic E-state index is 12.2. The van der Waals surface area contributed by atoms with Crippen molar-refractivity contribution >= 4 is 11.8 Å². The van der Waals surface area contributed by atoms with Crippen LogP contribution in [0.3, 0.4) is 0 Å². The summed E-state index contributed by atoms with van der Waals surface area (Å²) in [4.78, 5) is 24.0. The molecule has 0 aromatic heterocycles. The lowest BCUT2D eigenvalue weighted by Gasteiger charge is -2.24. The van der Waals surface area contributed by atoms with Crippen molar-refractivity contribution in [1.29, 1.82) is 0 Å². The zero-order chi connectivity index (χ0) is 14.4. The van der Waals surface area contributed by atoms with Crippen LogP contribution >= 0.6 is 0 Å². The molecule has 3 N–H and O–H groups in total. The molecule has 1 rings (SSSR count). The lowest BCUT2D eigenvalue weighted by molar-refractivity contribution is -0.130. The summed E-state index contributed by atoms with van der Waals surface area (Å²) in [5, 5.41) is 9.06. The molecule has 2 amide bonds. The lowest BCUT2D eigenvalue weighted by Crippen LogP contribution is -2.52. The van der Waals surface area contributed by atoms with Gasteiger partial charge in [0, 0.05) is 19.0 Å². The van der Waals surface area contributed by atoms with Gasteiger partial charge in [0.1, 0.15) is 6.04 Å². The van der Waals surface area contributed by atoms with Crippen LogP contribution in [0, 0.1) is 11.8 Å². The van der Waals surface area contributed by atoms with Crippen LogP contribution in [0.2, 0.25) is 0 Å². The van der Waals surface area contributed by atoms with Gasteiger partial charge in [0.2, 0.25) is 11.8 Å². The van der Waals surface area contributed by atoms with Gasteiger partial charge in [-0.25, -0.2) is 0 Å². The Morgan fingerprint density at radius 1 is 1.26 bits per heavy atom. The Kier molecular flexibility index (Phi) is 6.28. The Morgan fingerprint density at radius 2 is 1.95 bits per heavy atom. The van der Waals surface area contributed by atoms with Crippen LogP contribution in [0.4, 0.5) is 0 Å². The fourth-order valence-electron chi connectivity index (χ4n) is 2.21. The Bertz CT molecular complexity index is 310. The van der Waals surface area contributed by atoms with Gasteiger partial charge in [-0.2, -0.15) is 0 Å². The Labute approximate surface area is 115 Å². The topological polar surface area (TPSA) is 70.2 Å². The van der Waals surface area contributed by atoms with Crippen molar-refractivity contribution in [3.63, 3.8) is 0 Å². The molecule has 2 atom stereocenters. The fourth-order valence-corrected chi connectivity index (χ4v) is 2.21.